The Balaban J connectivity index is 2.71. The second kappa shape index (κ2) is 4.22. The summed E-state index contributed by atoms with van der Waals surface area (Å²) in [5.41, 5.74) is 2.51. The maximum absolute atomic E-state index is 10.9. The standard InChI is InChI=1S/C12H16O/c1-9-4-6-12(7-5-9)10(2)8-11(3)13/h4-7,10H,8H2,1-3H3. The van der Waals surface area contributed by atoms with E-state index < -0.39 is 0 Å². The molecule has 0 heterocycles. The van der Waals surface area contributed by atoms with Crippen LogP contribution in [0.2, 0.25) is 0 Å². The molecular weight excluding hydrogens is 160 g/mol. The molecule has 0 saturated heterocycles. The van der Waals surface area contributed by atoms with E-state index in [9.17, 15) is 4.79 Å². The van der Waals surface area contributed by atoms with E-state index in [-0.39, 0.29) is 5.78 Å². The number of benzene rings is 1. The first-order valence-corrected chi connectivity index (χ1v) is 4.65. The Hall–Kier alpha value is -1.11. The van der Waals surface area contributed by atoms with E-state index in [0.29, 0.717) is 12.3 Å². The SMILES string of the molecule is CC(=O)CC(C)c1ccc(C)cc1. The van der Waals surface area contributed by atoms with E-state index in [1.807, 2.05) is 0 Å². The summed E-state index contributed by atoms with van der Waals surface area (Å²) in [6.45, 7) is 5.80. The summed E-state index contributed by atoms with van der Waals surface area (Å²) < 4.78 is 0. The molecule has 0 saturated carbocycles. The van der Waals surface area contributed by atoms with Crippen molar-refractivity contribution >= 4 is 5.78 Å². The molecule has 0 aromatic heterocycles. The Labute approximate surface area is 79.8 Å². The molecular formula is C12H16O. The third kappa shape index (κ3) is 3.02. The van der Waals surface area contributed by atoms with E-state index in [0.717, 1.165) is 0 Å². The Morgan fingerprint density at radius 3 is 2.31 bits per heavy atom. The van der Waals surface area contributed by atoms with Gasteiger partial charge < -0.3 is 4.79 Å². The van der Waals surface area contributed by atoms with E-state index in [2.05, 4.69) is 38.1 Å². The van der Waals surface area contributed by atoms with Gasteiger partial charge in [0.2, 0.25) is 0 Å². The molecule has 1 aromatic carbocycles. The van der Waals surface area contributed by atoms with Crippen LogP contribution in [0.5, 0.6) is 0 Å². The van der Waals surface area contributed by atoms with Crippen molar-refractivity contribution in [1.82, 2.24) is 0 Å². The summed E-state index contributed by atoms with van der Waals surface area (Å²) in [6, 6.07) is 8.38. The minimum atomic E-state index is 0.257. The van der Waals surface area contributed by atoms with Crippen molar-refractivity contribution in [3.8, 4) is 0 Å². The third-order valence-electron chi connectivity index (χ3n) is 2.24. The van der Waals surface area contributed by atoms with Gasteiger partial charge in [-0.2, -0.15) is 0 Å². The first kappa shape index (κ1) is 9.97. The molecule has 0 radical (unpaired) electrons. The van der Waals surface area contributed by atoms with Crippen molar-refractivity contribution in [2.75, 3.05) is 0 Å². The number of aryl methyl sites for hydroxylation is 1. The van der Waals surface area contributed by atoms with Crippen LogP contribution in [-0.4, -0.2) is 5.78 Å². The molecule has 1 rings (SSSR count). The molecule has 0 fully saturated rings. The van der Waals surface area contributed by atoms with Crippen LogP contribution in [-0.2, 0) is 4.79 Å². The van der Waals surface area contributed by atoms with Gasteiger partial charge in [-0.15, -0.1) is 0 Å². The number of Topliss-reactive ketones (excluding diaryl/α,β-unsaturated/α-hetero) is 1. The van der Waals surface area contributed by atoms with Gasteiger partial charge in [0.05, 0.1) is 0 Å². The van der Waals surface area contributed by atoms with Crippen molar-refractivity contribution in [3.05, 3.63) is 35.4 Å². The predicted molar refractivity (Wildman–Crippen MR) is 54.9 cm³/mol. The molecule has 1 unspecified atom stereocenters. The van der Waals surface area contributed by atoms with Crippen LogP contribution < -0.4 is 0 Å². The van der Waals surface area contributed by atoms with E-state index >= 15 is 0 Å². The van der Waals surface area contributed by atoms with E-state index in [4.69, 9.17) is 0 Å². The third-order valence-corrected chi connectivity index (χ3v) is 2.24. The molecule has 0 bridgehead atoms. The fourth-order valence-electron chi connectivity index (χ4n) is 1.44. The van der Waals surface area contributed by atoms with Gasteiger partial charge in [0, 0.05) is 6.42 Å². The lowest BCUT2D eigenvalue weighted by molar-refractivity contribution is -0.117. The lowest BCUT2D eigenvalue weighted by atomic mass is 9.95. The molecule has 13 heavy (non-hydrogen) atoms. The van der Waals surface area contributed by atoms with Crippen LogP contribution in [0, 0.1) is 6.92 Å². The van der Waals surface area contributed by atoms with Gasteiger partial charge in [-0.1, -0.05) is 36.8 Å². The molecule has 0 aliphatic carbocycles. The van der Waals surface area contributed by atoms with Crippen LogP contribution in [0.3, 0.4) is 0 Å². The molecule has 0 spiro atoms. The average Bonchev–Trinajstić information content (AvgIpc) is 2.04. The summed E-state index contributed by atoms with van der Waals surface area (Å²) in [5, 5.41) is 0. The normalized spacial score (nSPS) is 12.5. The smallest absolute Gasteiger partial charge is 0.130 e. The summed E-state index contributed by atoms with van der Waals surface area (Å²) in [5.74, 6) is 0.603. The number of hydrogen-bond acceptors (Lipinski definition) is 1. The zero-order valence-corrected chi connectivity index (χ0v) is 8.50. The second-order valence-corrected chi connectivity index (χ2v) is 3.72. The van der Waals surface area contributed by atoms with Gasteiger partial charge in [-0.3, -0.25) is 0 Å². The van der Waals surface area contributed by atoms with Crippen molar-refractivity contribution in [2.24, 2.45) is 0 Å². The highest BCUT2D eigenvalue weighted by molar-refractivity contribution is 5.76. The maximum Gasteiger partial charge on any atom is 0.130 e. The molecule has 0 amide bonds. The predicted octanol–water partition coefficient (Wildman–Crippen LogP) is 3.08. The van der Waals surface area contributed by atoms with Crippen molar-refractivity contribution in [3.63, 3.8) is 0 Å². The summed E-state index contributed by atoms with van der Waals surface area (Å²) >= 11 is 0. The second-order valence-electron chi connectivity index (χ2n) is 3.72. The molecule has 70 valence electrons. The molecule has 0 aliphatic rings. The van der Waals surface area contributed by atoms with Crippen LogP contribution in [0.4, 0.5) is 0 Å². The van der Waals surface area contributed by atoms with E-state index in [1.165, 1.54) is 11.1 Å². The largest absolute Gasteiger partial charge is 0.300 e. The quantitative estimate of drug-likeness (QED) is 0.691. The number of carbonyl (C=O) groups excluding carboxylic acids is 1. The van der Waals surface area contributed by atoms with Crippen molar-refractivity contribution in [2.45, 2.75) is 33.1 Å². The maximum atomic E-state index is 10.9. The highest BCUT2D eigenvalue weighted by Gasteiger charge is 2.06. The zero-order valence-electron chi connectivity index (χ0n) is 8.50. The highest BCUT2D eigenvalue weighted by Crippen LogP contribution is 2.19. The minimum Gasteiger partial charge on any atom is -0.300 e. The molecule has 0 aliphatic heterocycles. The van der Waals surface area contributed by atoms with Crippen molar-refractivity contribution < 1.29 is 4.79 Å². The number of ketones is 1. The molecule has 1 atom stereocenters. The van der Waals surface area contributed by atoms with Crippen LogP contribution in [0.25, 0.3) is 0 Å². The Bertz CT molecular complexity index is 284. The highest BCUT2D eigenvalue weighted by atomic mass is 16.1. The lowest BCUT2D eigenvalue weighted by Crippen LogP contribution is -1.99. The first-order valence-electron chi connectivity index (χ1n) is 4.65. The van der Waals surface area contributed by atoms with Gasteiger partial charge in [-0.05, 0) is 25.3 Å². The average molecular weight is 176 g/mol. The van der Waals surface area contributed by atoms with Gasteiger partial charge in [-0.25, -0.2) is 0 Å². The minimum absolute atomic E-state index is 0.257. The fraction of sp³-hybridized carbons (Fsp3) is 0.417. The Morgan fingerprint density at radius 1 is 1.31 bits per heavy atom. The summed E-state index contributed by atoms with van der Waals surface area (Å²) in [6.07, 6.45) is 0.642. The number of carbonyl (C=O) groups is 1. The van der Waals surface area contributed by atoms with E-state index in [1.54, 1.807) is 6.92 Å². The van der Waals surface area contributed by atoms with Crippen LogP contribution in [0.15, 0.2) is 24.3 Å². The molecule has 0 N–H and O–H groups in total. The molecule has 1 nitrogen and oxygen atoms in total. The first-order chi connectivity index (χ1) is 6.09. The van der Waals surface area contributed by atoms with Gasteiger partial charge in [0.15, 0.2) is 0 Å². The zero-order chi connectivity index (χ0) is 9.84. The van der Waals surface area contributed by atoms with Gasteiger partial charge >= 0.3 is 0 Å². The Kier molecular flexibility index (Phi) is 3.24. The Morgan fingerprint density at radius 2 is 1.85 bits per heavy atom. The topological polar surface area (TPSA) is 17.1 Å². The van der Waals surface area contributed by atoms with Crippen LogP contribution >= 0.6 is 0 Å². The van der Waals surface area contributed by atoms with Gasteiger partial charge in [0.25, 0.3) is 0 Å². The number of hydrogen-bond donors (Lipinski definition) is 0. The lowest BCUT2D eigenvalue weighted by Gasteiger charge is -2.09. The summed E-state index contributed by atoms with van der Waals surface area (Å²) in [4.78, 5) is 10.9. The molecule has 1 aromatic rings. The fourth-order valence-corrected chi connectivity index (χ4v) is 1.44. The number of rotatable bonds is 3. The monoisotopic (exact) mass is 176 g/mol. The summed E-state index contributed by atoms with van der Waals surface area (Å²) in [7, 11) is 0. The molecule has 1 heteroatoms. The van der Waals surface area contributed by atoms with Gasteiger partial charge in [0.1, 0.15) is 5.78 Å². The van der Waals surface area contributed by atoms with Crippen molar-refractivity contribution in [1.29, 1.82) is 0 Å². The van der Waals surface area contributed by atoms with Crippen LogP contribution in [0.1, 0.15) is 37.3 Å².